The first-order valence-electron chi connectivity index (χ1n) is 5.48. The summed E-state index contributed by atoms with van der Waals surface area (Å²) in [5.41, 5.74) is 0.617. The fourth-order valence-electron chi connectivity index (χ4n) is 1.56. The molecule has 1 fully saturated rings. The van der Waals surface area contributed by atoms with Gasteiger partial charge in [0.25, 0.3) is 10.1 Å². The van der Waals surface area contributed by atoms with Crippen LogP contribution in [-0.2, 0) is 19.1 Å². The Morgan fingerprint density at radius 3 is 2.59 bits per heavy atom. The molecule has 0 atom stereocenters. The van der Waals surface area contributed by atoms with E-state index in [1.54, 1.807) is 25.1 Å². The SMILES string of the molecule is Cc1ccccc1S(=O)(=O)OCC(=O)C1CC1. The van der Waals surface area contributed by atoms with Crippen LogP contribution >= 0.6 is 0 Å². The van der Waals surface area contributed by atoms with E-state index in [4.69, 9.17) is 4.18 Å². The molecule has 1 aromatic rings. The zero-order chi connectivity index (χ0) is 12.5. The third kappa shape index (κ3) is 2.92. The molecule has 0 N–H and O–H groups in total. The van der Waals surface area contributed by atoms with E-state index in [2.05, 4.69) is 0 Å². The van der Waals surface area contributed by atoms with Crippen molar-refractivity contribution in [3.63, 3.8) is 0 Å². The largest absolute Gasteiger partial charge is 0.297 e. The maximum absolute atomic E-state index is 11.8. The van der Waals surface area contributed by atoms with Gasteiger partial charge in [-0.05, 0) is 31.4 Å². The zero-order valence-corrected chi connectivity index (χ0v) is 10.4. The number of rotatable bonds is 5. The average Bonchev–Trinajstić information content (AvgIpc) is 3.10. The Bertz CT molecular complexity index is 529. The second-order valence-electron chi connectivity index (χ2n) is 4.22. The number of hydrogen-bond acceptors (Lipinski definition) is 4. The predicted octanol–water partition coefficient (Wildman–Crippen LogP) is 1.68. The molecule has 5 heteroatoms. The van der Waals surface area contributed by atoms with Gasteiger partial charge in [0.2, 0.25) is 0 Å². The van der Waals surface area contributed by atoms with E-state index in [1.807, 2.05) is 0 Å². The lowest BCUT2D eigenvalue weighted by molar-refractivity contribution is -0.122. The number of aryl methyl sites for hydroxylation is 1. The molecule has 2 rings (SSSR count). The van der Waals surface area contributed by atoms with Crippen molar-refractivity contribution in [2.24, 2.45) is 5.92 Å². The molecule has 1 aromatic carbocycles. The maximum Gasteiger partial charge on any atom is 0.297 e. The lowest BCUT2D eigenvalue weighted by Crippen LogP contribution is -2.16. The van der Waals surface area contributed by atoms with Crippen molar-refractivity contribution >= 4 is 15.9 Å². The van der Waals surface area contributed by atoms with Crippen LogP contribution in [0, 0.1) is 12.8 Å². The van der Waals surface area contributed by atoms with Gasteiger partial charge >= 0.3 is 0 Å². The summed E-state index contributed by atoms with van der Waals surface area (Å²) in [5.74, 6) is -0.107. The van der Waals surface area contributed by atoms with Gasteiger partial charge in [-0.3, -0.25) is 8.98 Å². The Hall–Kier alpha value is -1.20. The van der Waals surface area contributed by atoms with E-state index < -0.39 is 10.1 Å². The summed E-state index contributed by atoms with van der Waals surface area (Å²) >= 11 is 0. The fraction of sp³-hybridized carbons (Fsp3) is 0.417. The third-order valence-electron chi connectivity index (χ3n) is 2.75. The summed E-state index contributed by atoms with van der Waals surface area (Å²) in [6, 6.07) is 6.56. The lowest BCUT2D eigenvalue weighted by Gasteiger charge is -2.07. The summed E-state index contributed by atoms with van der Waals surface area (Å²) in [6.45, 7) is 1.35. The van der Waals surface area contributed by atoms with Crippen molar-refractivity contribution in [2.45, 2.75) is 24.7 Å². The standard InChI is InChI=1S/C12H14O4S/c1-9-4-2-3-5-12(9)17(14,15)16-8-11(13)10-6-7-10/h2-5,10H,6-8H2,1H3. The lowest BCUT2D eigenvalue weighted by atomic mass is 10.2. The van der Waals surface area contributed by atoms with Crippen LogP contribution in [0.4, 0.5) is 0 Å². The summed E-state index contributed by atoms with van der Waals surface area (Å²) in [5, 5.41) is 0. The first kappa shape index (κ1) is 12.3. The second-order valence-corrected chi connectivity index (χ2v) is 5.81. The van der Waals surface area contributed by atoms with Gasteiger partial charge in [-0.2, -0.15) is 8.42 Å². The molecule has 0 heterocycles. The molecular formula is C12H14O4S. The zero-order valence-electron chi connectivity index (χ0n) is 9.55. The highest BCUT2D eigenvalue weighted by molar-refractivity contribution is 7.86. The quantitative estimate of drug-likeness (QED) is 0.750. The molecule has 0 spiro atoms. The van der Waals surface area contributed by atoms with Crippen LogP contribution in [0.5, 0.6) is 0 Å². The highest BCUT2D eigenvalue weighted by Crippen LogP contribution is 2.30. The Morgan fingerprint density at radius 2 is 2.00 bits per heavy atom. The predicted molar refractivity (Wildman–Crippen MR) is 62.0 cm³/mol. The minimum Gasteiger partial charge on any atom is -0.297 e. The van der Waals surface area contributed by atoms with Crippen LogP contribution in [0.2, 0.25) is 0 Å². The normalized spacial score (nSPS) is 15.8. The molecule has 0 amide bonds. The molecule has 17 heavy (non-hydrogen) atoms. The van der Waals surface area contributed by atoms with Crippen molar-refractivity contribution in [1.29, 1.82) is 0 Å². The Morgan fingerprint density at radius 1 is 1.35 bits per heavy atom. The Kier molecular flexibility index (Phi) is 3.31. The van der Waals surface area contributed by atoms with Gasteiger partial charge < -0.3 is 0 Å². The number of Topliss-reactive ketones (excluding diaryl/α,β-unsaturated/α-hetero) is 1. The molecule has 0 saturated heterocycles. The van der Waals surface area contributed by atoms with Crippen LogP contribution in [0.15, 0.2) is 29.2 Å². The van der Waals surface area contributed by atoms with Gasteiger partial charge in [-0.15, -0.1) is 0 Å². The molecule has 0 bridgehead atoms. The van der Waals surface area contributed by atoms with E-state index in [1.165, 1.54) is 6.07 Å². The smallest absolute Gasteiger partial charge is 0.297 e. The molecule has 92 valence electrons. The number of carbonyl (C=O) groups is 1. The Balaban J connectivity index is 2.08. The van der Waals surface area contributed by atoms with Gasteiger partial charge in [0.1, 0.15) is 6.61 Å². The minimum absolute atomic E-state index is 0.0158. The van der Waals surface area contributed by atoms with Crippen molar-refractivity contribution in [3.05, 3.63) is 29.8 Å². The van der Waals surface area contributed by atoms with E-state index in [0.29, 0.717) is 5.56 Å². The van der Waals surface area contributed by atoms with Crippen molar-refractivity contribution in [2.75, 3.05) is 6.61 Å². The van der Waals surface area contributed by atoms with Gasteiger partial charge in [-0.25, -0.2) is 0 Å². The molecule has 1 saturated carbocycles. The number of benzene rings is 1. The summed E-state index contributed by atoms with van der Waals surface area (Å²) in [6.07, 6.45) is 1.71. The summed E-state index contributed by atoms with van der Waals surface area (Å²) in [7, 11) is -3.81. The van der Waals surface area contributed by atoms with Gasteiger partial charge in [-0.1, -0.05) is 18.2 Å². The van der Waals surface area contributed by atoms with E-state index >= 15 is 0 Å². The van der Waals surface area contributed by atoms with E-state index in [-0.39, 0.29) is 23.2 Å². The van der Waals surface area contributed by atoms with Gasteiger partial charge in [0.15, 0.2) is 5.78 Å². The van der Waals surface area contributed by atoms with Crippen molar-refractivity contribution < 1.29 is 17.4 Å². The maximum atomic E-state index is 11.8. The van der Waals surface area contributed by atoms with Crippen LogP contribution in [-0.4, -0.2) is 20.8 Å². The topological polar surface area (TPSA) is 60.4 Å². The van der Waals surface area contributed by atoms with Crippen LogP contribution in [0.3, 0.4) is 0 Å². The molecule has 1 aliphatic carbocycles. The summed E-state index contributed by atoms with van der Waals surface area (Å²) < 4.78 is 28.4. The van der Waals surface area contributed by atoms with Gasteiger partial charge in [0, 0.05) is 5.92 Å². The van der Waals surface area contributed by atoms with E-state index in [9.17, 15) is 13.2 Å². The highest BCUT2D eigenvalue weighted by atomic mass is 32.2. The molecule has 0 radical (unpaired) electrons. The number of ketones is 1. The number of hydrogen-bond donors (Lipinski definition) is 0. The van der Waals surface area contributed by atoms with Crippen molar-refractivity contribution in [1.82, 2.24) is 0 Å². The third-order valence-corrected chi connectivity index (χ3v) is 4.18. The second kappa shape index (κ2) is 4.58. The summed E-state index contributed by atoms with van der Waals surface area (Å²) in [4.78, 5) is 11.5. The molecular weight excluding hydrogens is 240 g/mol. The van der Waals surface area contributed by atoms with Crippen LogP contribution in [0.1, 0.15) is 18.4 Å². The van der Waals surface area contributed by atoms with Crippen LogP contribution < -0.4 is 0 Å². The molecule has 0 unspecified atom stereocenters. The minimum atomic E-state index is -3.81. The Labute approximate surface area is 101 Å². The monoisotopic (exact) mass is 254 g/mol. The average molecular weight is 254 g/mol. The number of carbonyl (C=O) groups excluding carboxylic acids is 1. The molecule has 0 aromatic heterocycles. The fourth-order valence-corrected chi connectivity index (χ4v) is 2.67. The van der Waals surface area contributed by atoms with Crippen molar-refractivity contribution in [3.8, 4) is 0 Å². The molecule has 4 nitrogen and oxygen atoms in total. The first-order valence-corrected chi connectivity index (χ1v) is 6.89. The van der Waals surface area contributed by atoms with Crippen LogP contribution in [0.25, 0.3) is 0 Å². The highest BCUT2D eigenvalue weighted by Gasteiger charge is 2.31. The molecule has 0 aliphatic heterocycles. The van der Waals surface area contributed by atoms with Gasteiger partial charge in [0.05, 0.1) is 4.90 Å². The van der Waals surface area contributed by atoms with E-state index in [0.717, 1.165) is 12.8 Å². The molecule has 1 aliphatic rings. The first-order chi connectivity index (χ1) is 8.00.